The van der Waals surface area contributed by atoms with Gasteiger partial charge in [-0.05, 0) is 46.1 Å². The van der Waals surface area contributed by atoms with Gasteiger partial charge in [-0.15, -0.1) is 0 Å². The molecule has 21 heavy (non-hydrogen) atoms. The van der Waals surface area contributed by atoms with E-state index >= 15 is 0 Å². The Morgan fingerprint density at radius 3 is 2.86 bits per heavy atom. The van der Waals surface area contributed by atoms with Gasteiger partial charge in [0, 0.05) is 25.7 Å². The first-order valence-electron chi connectivity index (χ1n) is 7.63. The van der Waals surface area contributed by atoms with Crippen molar-refractivity contribution in [1.29, 1.82) is 0 Å². The molecule has 0 aliphatic carbocycles. The van der Waals surface area contributed by atoms with Crippen LogP contribution in [0.2, 0.25) is 0 Å². The van der Waals surface area contributed by atoms with Gasteiger partial charge in [-0.1, -0.05) is 5.16 Å². The van der Waals surface area contributed by atoms with Crippen LogP contribution in [0.15, 0.2) is 10.6 Å². The monoisotopic (exact) mass is 289 g/mol. The molecule has 6 heteroatoms. The Labute approximate surface area is 125 Å². The van der Waals surface area contributed by atoms with E-state index in [2.05, 4.69) is 20.1 Å². The van der Waals surface area contributed by atoms with Crippen LogP contribution in [0.1, 0.15) is 35.9 Å². The molecule has 0 spiro atoms. The Kier molecular flexibility index (Phi) is 4.05. The summed E-state index contributed by atoms with van der Waals surface area (Å²) in [6.07, 6.45) is 2.49. The van der Waals surface area contributed by atoms with E-state index in [0.29, 0.717) is 5.92 Å². The minimum absolute atomic E-state index is 0.631. The summed E-state index contributed by atoms with van der Waals surface area (Å²) in [7, 11) is 0. The van der Waals surface area contributed by atoms with Gasteiger partial charge in [0.1, 0.15) is 17.4 Å². The van der Waals surface area contributed by atoms with E-state index in [9.17, 15) is 0 Å². The van der Waals surface area contributed by atoms with Gasteiger partial charge in [0.05, 0.1) is 5.69 Å². The van der Waals surface area contributed by atoms with Crippen molar-refractivity contribution in [3.63, 3.8) is 0 Å². The predicted molar refractivity (Wildman–Crippen MR) is 78.7 cm³/mol. The van der Waals surface area contributed by atoms with Gasteiger partial charge >= 0.3 is 0 Å². The third-order valence-electron chi connectivity index (χ3n) is 4.06. The smallest absolute Gasteiger partial charge is 0.147 e. The lowest BCUT2D eigenvalue weighted by molar-refractivity contribution is 0.149. The van der Waals surface area contributed by atoms with Crippen LogP contribution in [0.5, 0.6) is 0 Å². The second kappa shape index (κ2) is 5.97. The number of piperidine rings is 1. The van der Waals surface area contributed by atoms with E-state index in [-0.39, 0.29) is 0 Å². The molecule has 0 radical (unpaired) electrons. The molecular formula is C15H23N5O. The molecule has 0 unspecified atom stereocenters. The maximum absolute atomic E-state index is 5.15. The molecular weight excluding hydrogens is 266 g/mol. The quantitative estimate of drug-likeness (QED) is 0.862. The average Bonchev–Trinajstić information content (AvgIpc) is 2.96. The third-order valence-corrected chi connectivity index (χ3v) is 4.06. The number of aryl methyl sites for hydroxylation is 3. The number of likely N-dealkylation sites (tertiary alicyclic amines) is 1. The molecule has 1 saturated heterocycles. The van der Waals surface area contributed by atoms with Gasteiger partial charge in [-0.3, -0.25) is 4.90 Å². The first-order valence-corrected chi connectivity index (χ1v) is 7.63. The number of hydrogen-bond acceptors (Lipinski definition) is 5. The molecule has 1 aliphatic rings. The van der Waals surface area contributed by atoms with E-state index in [1.807, 2.05) is 31.5 Å². The van der Waals surface area contributed by atoms with Crippen LogP contribution in [0, 0.1) is 26.7 Å². The predicted octanol–water partition coefficient (Wildman–Crippen LogP) is 2.10. The van der Waals surface area contributed by atoms with Crippen molar-refractivity contribution in [3.8, 4) is 0 Å². The topological polar surface area (TPSA) is 60.0 Å². The lowest BCUT2D eigenvalue weighted by Gasteiger charge is -2.32. The summed E-state index contributed by atoms with van der Waals surface area (Å²) in [5, 5.41) is 8.57. The van der Waals surface area contributed by atoms with E-state index < -0.39 is 0 Å². The number of hydrogen-bond donors (Lipinski definition) is 0. The molecule has 3 rings (SSSR count). The average molecular weight is 289 g/mol. The fourth-order valence-electron chi connectivity index (χ4n) is 3.14. The van der Waals surface area contributed by atoms with E-state index in [1.54, 1.807) is 0 Å². The molecule has 0 amide bonds. The van der Waals surface area contributed by atoms with Crippen molar-refractivity contribution in [2.75, 3.05) is 13.1 Å². The van der Waals surface area contributed by atoms with Gasteiger partial charge in [-0.25, -0.2) is 9.67 Å². The largest absolute Gasteiger partial charge is 0.361 e. The summed E-state index contributed by atoms with van der Waals surface area (Å²) in [6.45, 7) is 9.97. The van der Waals surface area contributed by atoms with Crippen LogP contribution >= 0.6 is 0 Å². The molecule has 0 bridgehead atoms. The zero-order chi connectivity index (χ0) is 14.8. The number of rotatable bonds is 4. The second-order valence-corrected chi connectivity index (χ2v) is 6.06. The van der Waals surface area contributed by atoms with Gasteiger partial charge in [-0.2, -0.15) is 5.10 Å². The maximum Gasteiger partial charge on any atom is 0.147 e. The Balaban J connectivity index is 1.59. The van der Waals surface area contributed by atoms with Crippen LogP contribution in [0.25, 0.3) is 0 Å². The van der Waals surface area contributed by atoms with Crippen molar-refractivity contribution >= 4 is 0 Å². The minimum Gasteiger partial charge on any atom is -0.361 e. The van der Waals surface area contributed by atoms with E-state index in [0.717, 1.165) is 49.3 Å². The first-order chi connectivity index (χ1) is 10.1. The van der Waals surface area contributed by atoms with Crippen molar-refractivity contribution in [3.05, 3.63) is 29.2 Å². The molecule has 3 heterocycles. The minimum atomic E-state index is 0.631. The molecule has 6 nitrogen and oxygen atoms in total. The highest BCUT2D eigenvalue weighted by Crippen LogP contribution is 2.20. The summed E-state index contributed by atoms with van der Waals surface area (Å²) in [5.41, 5.74) is 1.03. The zero-order valence-corrected chi connectivity index (χ0v) is 13.0. The lowest BCUT2D eigenvalue weighted by atomic mass is 9.98. The SMILES string of the molecule is Cc1nc(C)n(C[C@H]2CCCN(Cc3cc(C)on3)C2)n1. The van der Waals surface area contributed by atoms with Crippen molar-refractivity contribution in [2.45, 2.75) is 46.7 Å². The summed E-state index contributed by atoms with van der Waals surface area (Å²) in [6, 6.07) is 2.02. The van der Waals surface area contributed by atoms with E-state index in [4.69, 9.17) is 4.52 Å². The normalized spacial score (nSPS) is 20.0. The number of aromatic nitrogens is 4. The van der Waals surface area contributed by atoms with E-state index in [1.165, 1.54) is 12.8 Å². The van der Waals surface area contributed by atoms with Crippen LogP contribution in [0.3, 0.4) is 0 Å². The molecule has 0 saturated carbocycles. The highest BCUT2D eigenvalue weighted by atomic mass is 16.5. The van der Waals surface area contributed by atoms with Crippen molar-refractivity contribution in [2.24, 2.45) is 5.92 Å². The Morgan fingerprint density at radius 1 is 1.33 bits per heavy atom. The van der Waals surface area contributed by atoms with Crippen LogP contribution in [-0.2, 0) is 13.1 Å². The molecule has 2 aromatic heterocycles. The Hall–Kier alpha value is -1.69. The summed E-state index contributed by atoms with van der Waals surface area (Å²) in [4.78, 5) is 6.84. The summed E-state index contributed by atoms with van der Waals surface area (Å²) in [5.74, 6) is 3.38. The fraction of sp³-hybridized carbons (Fsp3) is 0.667. The van der Waals surface area contributed by atoms with Crippen molar-refractivity contribution in [1.82, 2.24) is 24.8 Å². The van der Waals surface area contributed by atoms with Gasteiger partial charge < -0.3 is 4.52 Å². The molecule has 1 aliphatic heterocycles. The molecule has 2 aromatic rings. The van der Waals surface area contributed by atoms with Gasteiger partial charge in [0.15, 0.2) is 0 Å². The fourth-order valence-corrected chi connectivity index (χ4v) is 3.14. The molecule has 1 fully saturated rings. The number of nitrogens with zero attached hydrogens (tertiary/aromatic N) is 5. The molecule has 0 N–H and O–H groups in total. The summed E-state index contributed by atoms with van der Waals surface area (Å²) >= 11 is 0. The second-order valence-electron chi connectivity index (χ2n) is 6.06. The lowest BCUT2D eigenvalue weighted by Crippen LogP contribution is -2.37. The van der Waals surface area contributed by atoms with Gasteiger partial charge in [0.25, 0.3) is 0 Å². The van der Waals surface area contributed by atoms with Crippen molar-refractivity contribution < 1.29 is 4.52 Å². The Bertz CT molecular complexity index is 603. The first kappa shape index (κ1) is 14.3. The molecule has 1 atom stereocenters. The standard InChI is InChI=1S/C15H23N5O/c1-11-7-15(18-21-11)10-19-6-4-5-14(8-19)9-20-13(3)16-12(2)17-20/h7,14H,4-6,8-10H2,1-3H3/t14-/m0/s1. The van der Waals surface area contributed by atoms with Crippen LogP contribution in [-0.4, -0.2) is 37.9 Å². The molecule has 114 valence electrons. The van der Waals surface area contributed by atoms with Crippen LogP contribution in [0.4, 0.5) is 0 Å². The zero-order valence-electron chi connectivity index (χ0n) is 13.0. The Morgan fingerprint density at radius 2 is 2.19 bits per heavy atom. The van der Waals surface area contributed by atoms with Gasteiger partial charge in [0.2, 0.25) is 0 Å². The summed E-state index contributed by atoms with van der Waals surface area (Å²) < 4.78 is 7.19. The highest BCUT2D eigenvalue weighted by Gasteiger charge is 2.22. The maximum atomic E-state index is 5.15. The van der Waals surface area contributed by atoms with Crippen LogP contribution < -0.4 is 0 Å². The highest BCUT2D eigenvalue weighted by molar-refractivity contribution is 5.03. The third kappa shape index (κ3) is 3.50. The molecule has 0 aromatic carbocycles.